The van der Waals surface area contributed by atoms with E-state index in [-0.39, 0.29) is 30.7 Å². The van der Waals surface area contributed by atoms with Gasteiger partial charge in [0.05, 0.1) is 26.7 Å². The van der Waals surface area contributed by atoms with Crippen molar-refractivity contribution in [3.05, 3.63) is 48.5 Å². The molecule has 0 aromatic heterocycles. The van der Waals surface area contributed by atoms with Crippen LogP contribution in [0.3, 0.4) is 0 Å². The first-order chi connectivity index (χ1) is 18.0. The number of nitrogens with zero attached hydrogens (tertiary/aromatic N) is 3. The summed E-state index contributed by atoms with van der Waals surface area (Å²) >= 11 is 0. The third-order valence-corrected chi connectivity index (χ3v) is 6.65. The van der Waals surface area contributed by atoms with E-state index in [2.05, 4.69) is 20.4 Å². The number of nitrogens with one attached hydrogen (secondary N) is 2. The first-order valence-electron chi connectivity index (χ1n) is 12.7. The Kier molecular flexibility index (Phi) is 8.84. The molecule has 37 heavy (non-hydrogen) atoms. The molecule has 2 saturated heterocycles. The van der Waals surface area contributed by atoms with Crippen LogP contribution in [0.25, 0.3) is 0 Å². The molecule has 0 spiro atoms. The molecule has 1 unspecified atom stereocenters. The molecular weight excluding hydrogens is 474 g/mol. The number of piperazine rings is 2. The molecule has 10 nitrogen and oxygen atoms in total. The maximum absolute atomic E-state index is 13.2. The summed E-state index contributed by atoms with van der Waals surface area (Å²) in [6.45, 7) is 6.53. The van der Waals surface area contributed by atoms with E-state index in [1.807, 2.05) is 31.2 Å². The summed E-state index contributed by atoms with van der Waals surface area (Å²) in [5, 5.41) is 5.60. The highest BCUT2D eigenvalue weighted by Gasteiger charge is 2.35. The monoisotopic (exact) mass is 509 g/mol. The van der Waals surface area contributed by atoms with E-state index in [4.69, 9.17) is 9.47 Å². The van der Waals surface area contributed by atoms with Crippen molar-refractivity contribution >= 4 is 29.1 Å². The van der Waals surface area contributed by atoms with Crippen LogP contribution in [0.15, 0.2) is 48.5 Å². The molecule has 1 atom stereocenters. The number of benzene rings is 2. The average Bonchev–Trinajstić information content (AvgIpc) is 2.91. The third-order valence-electron chi connectivity index (χ3n) is 6.65. The molecule has 3 amide bonds. The second-order valence-electron chi connectivity index (χ2n) is 9.06. The van der Waals surface area contributed by atoms with Gasteiger partial charge in [-0.05, 0) is 55.5 Å². The Hall–Kier alpha value is -3.79. The number of methoxy groups -OCH3 is 1. The van der Waals surface area contributed by atoms with Gasteiger partial charge in [-0.3, -0.25) is 19.3 Å². The highest BCUT2D eigenvalue weighted by Crippen LogP contribution is 2.21. The molecule has 10 heteroatoms. The van der Waals surface area contributed by atoms with Crippen LogP contribution >= 0.6 is 0 Å². The zero-order valence-electron chi connectivity index (χ0n) is 21.4. The van der Waals surface area contributed by atoms with Crippen LogP contribution in [0.1, 0.15) is 13.3 Å². The fourth-order valence-electron chi connectivity index (χ4n) is 4.64. The van der Waals surface area contributed by atoms with Gasteiger partial charge in [-0.15, -0.1) is 0 Å². The van der Waals surface area contributed by atoms with Crippen LogP contribution < -0.4 is 25.0 Å². The fourth-order valence-corrected chi connectivity index (χ4v) is 4.64. The molecule has 0 bridgehead atoms. The summed E-state index contributed by atoms with van der Waals surface area (Å²) < 4.78 is 10.7. The SMILES string of the molecule is CCOc1ccc(NC(=O)CC2C(=O)NCCN2C(=O)CN2CCN(c3ccc(OC)cc3)CC2)cc1. The largest absolute Gasteiger partial charge is 0.497 e. The molecule has 2 aromatic rings. The minimum Gasteiger partial charge on any atom is -0.497 e. The third kappa shape index (κ3) is 6.91. The second-order valence-corrected chi connectivity index (χ2v) is 9.06. The van der Waals surface area contributed by atoms with Gasteiger partial charge in [0.25, 0.3) is 0 Å². The molecule has 198 valence electrons. The number of anilines is 2. The molecule has 4 rings (SSSR count). The van der Waals surface area contributed by atoms with Crippen molar-refractivity contribution in [3.8, 4) is 11.5 Å². The van der Waals surface area contributed by atoms with Crippen LogP contribution in [0.4, 0.5) is 11.4 Å². The Balaban J connectivity index is 1.29. The van der Waals surface area contributed by atoms with Crippen molar-refractivity contribution in [1.29, 1.82) is 0 Å². The predicted octanol–water partition coefficient (Wildman–Crippen LogP) is 1.57. The van der Waals surface area contributed by atoms with E-state index in [9.17, 15) is 14.4 Å². The topological polar surface area (TPSA) is 103 Å². The van der Waals surface area contributed by atoms with Crippen molar-refractivity contribution in [2.75, 3.05) is 69.7 Å². The zero-order chi connectivity index (χ0) is 26.2. The highest BCUT2D eigenvalue weighted by molar-refractivity contribution is 5.97. The highest BCUT2D eigenvalue weighted by atomic mass is 16.5. The first-order valence-corrected chi connectivity index (χ1v) is 12.7. The lowest BCUT2D eigenvalue weighted by Crippen LogP contribution is -2.60. The molecule has 0 radical (unpaired) electrons. The summed E-state index contributed by atoms with van der Waals surface area (Å²) in [7, 11) is 1.65. The first kappa shape index (κ1) is 26.3. The minimum atomic E-state index is -0.829. The molecule has 2 aliphatic heterocycles. The van der Waals surface area contributed by atoms with Gasteiger partial charge >= 0.3 is 0 Å². The lowest BCUT2D eigenvalue weighted by atomic mass is 10.1. The van der Waals surface area contributed by atoms with Crippen molar-refractivity contribution in [2.24, 2.45) is 0 Å². The molecule has 0 aliphatic carbocycles. The number of hydrogen-bond acceptors (Lipinski definition) is 7. The second kappa shape index (κ2) is 12.4. The maximum atomic E-state index is 13.2. The van der Waals surface area contributed by atoms with E-state index in [0.717, 1.165) is 37.6 Å². The van der Waals surface area contributed by atoms with Crippen molar-refractivity contribution < 1.29 is 23.9 Å². The number of ether oxygens (including phenoxy) is 2. The van der Waals surface area contributed by atoms with Gasteiger partial charge in [0.15, 0.2) is 0 Å². The van der Waals surface area contributed by atoms with Crippen LogP contribution in [-0.2, 0) is 14.4 Å². The van der Waals surface area contributed by atoms with Gasteiger partial charge in [0.1, 0.15) is 17.5 Å². The molecule has 2 heterocycles. The molecule has 2 aliphatic rings. The van der Waals surface area contributed by atoms with Crippen LogP contribution in [0, 0.1) is 0 Å². The number of carbonyl (C=O) groups excluding carboxylic acids is 3. The van der Waals surface area contributed by atoms with E-state index < -0.39 is 6.04 Å². The standard InChI is InChI=1S/C27H35N5O5/c1-3-37-23-8-4-20(5-9-23)29-25(33)18-24-27(35)28-12-13-32(24)26(34)19-30-14-16-31(17-15-30)21-6-10-22(36-2)11-7-21/h4-11,24H,3,12-19H2,1-2H3,(H,28,35)(H,29,33). The van der Waals surface area contributed by atoms with Crippen molar-refractivity contribution in [3.63, 3.8) is 0 Å². The molecular formula is C27H35N5O5. The van der Waals surface area contributed by atoms with E-state index in [0.29, 0.717) is 31.1 Å². The summed E-state index contributed by atoms with van der Waals surface area (Å²) in [5.41, 5.74) is 1.73. The normalized spacial score (nSPS) is 18.2. The average molecular weight is 510 g/mol. The van der Waals surface area contributed by atoms with E-state index in [1.165, 1.54) is 0 Å². The van der Waals surface area contributed by atoms with Crippen LogP contribution in [0.5, 0.6) is 11.5 Å². The van der Waals surface area contributed by atoms with E-state index in [1.54, 1.807) is 36.3 Å². The molecule has 2 N–H and O–H groups in total. The van der Waals surface area contributed by atoms with Gasteiger partial charge < -0.3 is 29.9 Å². The Labute approximate surface area is 217 Å². The number of hydrogen-bond donors (Lipinski definition) is 2. The van der Waals surface area contributed by atoms with Crippen LogP contribution in [-0.4, -0.2) is 93.1 Å². The summed E-state index contributed by atoms with van der Waals surface area (Å²) in [4.78, 5) is 44.5. The maximum Gasteiger partial charge on any atom is 0.243 e. The summed E-state index contributed by atoms with van der Waals surface area (Å²) in [6.07, 6.45) is -0.101. The smallest absolute Gasteiger partial charge is 0.243 e. The Morgan fingerprint density at radius 2 is 1.65 bits per heavy atom. The summed E-state index contributed by atoms with van der Waals surface area (Å²) in [5.74, 6) is 0.782. The summed E-state index contributed by atoms with van der Waals surface area (Å²) in [6, 6.07) is 14.2. The predicted molar refractivity (Wildman–Crippen MR) is 141 cm³/mol. The quantitative estimate of drug-likeness (QED) is 0.529. The Morgan fingerprint density at radius 3 is 2.30 bits per heavy atom. The van der Waals surface area contributed by atoms with Gasteiger partial charge in [-0.25, -0.2) is 0 Å². The van der Waals surface area contributed by atoms with E-state index >= 15 is 0 Å². The zero-order valence-corrected chi connectivity index (χ0v) is 21.4. The van der Waals surface area contributed by atoms with Crippen LogP contribution in [0.2, 0.25) is 0 Å². The van der Waals surface area contributed by atoms with Gasteiger partial charge in [-0.1, -0.05) is 0 Å². The number of carbonyl (C=O) groups is 3. The molecule has 0 saturated carbocycles. The number of rotatable bonds is 9. The van der Waals surface area contributed by atoms with Gasteiger partial charge in [-0.2, -0.15) is 0 Å². The lowest BCUT2D eigenvalue weighted by molar-refractivity contribution is -0.145. The fraction of sp³-hybridized carbons (Fsp3) is 0.444. The van der Waals surface area contributed by atoms with Gasteiger partial charge in [0.2, 0.25) is 17.7 Å². The van der Waals surface area contributed by atoms with Crippen molar-refractivity contribution in [2.45, 2.75) is 19.4 Å². The Bertz CT molecular complexity index is 1070. The molecule has 2 fully saturated rings. The van der Waals surface area contributed by atoms with Gasteiger partial charge in [0, 0.05) is 50.6 Å². The Morgan fingerprint density at radius 1 is 0.973 bits per heavy atom. The molecule has 2 aromatic carbocycles. The minimum absolute atomic E-state index is 0.101. The number of amides is 3. The lowest BCUT2D eigenvalue weighted by Gasteiger charge is -2.39. The van der Waals surface area contributed by atoms with Crippen molar-refractivity contribution in [1.82, 2.24) is 15.1 Å².